The van der Waals surface area contributed by atoms with Gasteiger partial charge in [0.2, 0.25) is 5.91 Å². The van der Waals surface area contributed by atoms with Crippen LogP contribution in [0.1, 0.15) is 6.42 Å². The lowest BCUT2D eigenvalue weighted by Crippen LogP contribution is -2.41. The minimum absolute atomic E-state index is 0.320. The zero-order chi connectivity index (χ0) is 12.1. The fourth-order valence-corrected chi connectivity index (χ4v) is 1.22. The van der Waals surface area contributed by atoms with Gasteiger partial charge in [0.1, 0.15) is 9.84 Å². The van der Waals surface area contributed by atoms with Gasteiger partial charge in [-0.3, -0.25) is 4.79 Å². The molecule has 3 N–H and O–H groups in total. The van der Waals surface area contributed by atoms with E-state index in [1.165, 1.54) is 0 Å². The number of amides is 1. The molecule has 0 rings (SSSR count). The lowest BCUT2D eigenvalue weighted by molar-refractivity contribution is -0.122. The number of hydrogen-bond acceptors (Lipinski definition) is 4. The lowest BCUT2D eigenvalue weighted by atomic mass is 10.3. The highest BCUT2D eigenvalue weighted by molar-refractivity contribution is 7.90. The largest absolute Gasteiger partial charge is 0.350 e. The van der Waals surface area contributed by atoms with Crippen molar-refractivity contribution < 1.29 is 22.0 Å². The van der Waals surface area contributed by atoms with E-state index >= 15 is 0 Å². The molecule has 0 aliphatic heterocycles. The fourth-order valence-electron chi connectivity index (χ4n) is 0.667. The third-order valence-electron chi connectivity index (χ3n) is 1.54. The number of halogens is 2. The van der Waals surface area contributed by atoms with Gasteiger partial charge in [0.05, 0.1) is 18.8 Å². The van der Waals surface area contributed by atoms with Crippen LogP contribution in [0.2, 0.25) is 0 Å². The summed E-state index contributed by atoms with van der Waals surface area (Å²) in [5.41, 5.74) is 4.74. The third-order valence-corrected chi connectivity index (χ3v) is 2.49. The maximum Gasteiger partial charge on any atom is 0.277 e. The van der Waals surface area contributed by atoms with Crippen LogP contribution in [0.25, 0.3) is 0 Å². The van der Waals surface area contributed by atoms with Gasteiger partial charge in [0.25, 0.3) is 5.92 Å². The summed E-state index contributed by atoms with van der Waals surface area (Å²) in [6, 6.07) is 0. The second-order valence-corrected chi connectivity index (χ2v) is 5.48. The molecule has 0 fully saturated rings. The SMILES string of the molecule is CS(=O)(=O)CCC(=O)NCC(F)(F)CN. The van der Waals surface area contributed by atoms with Gasteiger partial charge < -0.3 is 11.1 Å². The Bertz CT molecular complexity index is 316. The summed E-state index contributed by atoms with van der Waals surface area (Å²) < 4.78 is 46.3. The zero-order valence-corrected chi connectivity index (χ0v) is 9.11. The van der Waals surface area contributed by atoms with Crippen LogP contribution in [0.5, 0.6) is 0 Å². The number of sulfone groups is 1. The third kappa shape index (κ3) is 8.25. The number of alkyl halides is 2. The Labute approximate surface area is 86.9 Å². The highest BCUT2D eigenvalue weighted by atomic mass is 32.2. The quantitative estimate of drug-likeness (QED) is 0.635. The van der Waals surface area contributed by atoms with Gasteiger partial charge >= 0.3 is 0 Å². The summed E-state index contributed by atoms with van der Waals surface area (Å²) in [5.74, 6) is -4.23. The van der Waals surface area contributed by atoms with Crippen molar-refractivity contribution >= 4 is 15.7 Å². The van der Waals surface area contributed by atoms with Crippen molar-refractivity contribution in [3.05, 3.63) is 0 Å². The first-order valence-corrected chi connectivity index (χ1v) is 6.25. The van der Waals surface area contributed by atoms with Gasteiger partial charge in [-0.15, -0.1) is 0 Å². The summed E-state index contributed by atoms with van der Waals surface area (Å²) in [4.78, 5) is 10.9. The molecule has 0 saturated heterocycles. The van der Waals surface area contributed by atoms with Gasteiger partial charge in [0, 0.05) is 12.7 Å². The Morgan fingerprint density at radius 3 is 2.40 bits per heavy atom. The first-order chi connectivity index (χ1) is 6.66. The molecule has 0 aromatic carbocycles. The van der Waals surface area contributed by atoms with Gasteiger partial charge in [-0.1, -0.05) is 0 Å². The molecule has 0 radical (unpaired) electrons. The van der Waals surface area contributed by atoms with Crippen LogP contribution in [0.4, 0.5) is 8.78 Å². The van der Waals surface area contributed by atoms with E-state index < -0.39 is 34.8 Å². The smallest absolute Gasteiger partial charge is 0.277 e. The monoisotopic (exact) mass is 244 g/mol. The number of carbonyl (C=O) groups is 1. The lowest BCUT2D eigenvalue weighted by Gasteiger charge is -2.14. The Hall–Kier alpha value is -0.760. The van der Waals surface area contributed by atoms with Crippen LogP contribution >= 0.6 is 0 Å². The van der Waals surface area contributed by atoms with Gasteiger partial charge in [-0.2, -0.15) is 0 Å². The Morgan fingerprint density at radius 2 is 2.00 bits per heavy atom. The Balaban J connectivity index is 3.87. The minimum Gasteiger partial charge on any atom is -0.350 e. The van der Waals surface area contributed by atoms with Gasteiger partial charge in [-0.05, 0) is 0 Å². The highest BCUT2D eigenvalue weighted by Gasteiger charge is 2.27. The maximum absolute atomic E-state index is 12.5. The van der Waals surface area contributed by atoms with E-state index in [2.05, 4.69) is 0 Å². The van der Waals surface area contributed by atoms with Crippen molar-refractivity contribution in [3.63, 3.8) is 0 Å². The molecular formula is C7H14F2N2O3S. The van der Waals surface area contributed by atoms with E-state index in [0.29, 0.717) is 0 Å². The van der Waals surface area contributed by atoms with E-state index in [0.717, 1.165) is 6.26 Å². The summed E-state index contributed by atoms with van der Waals surface area (Å²) in [7, 11) is -3.25. The predicted octanol–water partition coefficient (Wildman–Crippen LogP) is -0.869. The predicted molar refractivity (Wildman–Crippen MR) is 51.3 cm³/mol. The van der Waals surface area contributed by atoms with Crippen molar-refractivity contribution in [1.29, 1.82) is 0 Å². The summed E-state index contributed by atoms with van der Waals surface area (Å²) in [6.45, 7) is -1.73. The molecule has 0 aromatic heterocycles. The minimum atomic E-state index is -3.25. The van der Waals surface area contributed by atoms with Gasteiger partial charge in [0.15, 0.2) is 0 Å². The zero-order valence-electron chi connectivity index (χ0n) is 8.29. The van der Waals surface area contributed by atoms with Crippen molar-refractivity contribution in [2.45, 2.75) is 12.3 Å². The summed E-state index contributed by atoms with van der Waals surface area (Å²) >= 11 is 0. The molecule has 8 heteroatoms. The molecule has 15 heavy (non-hydrogen) atoms. The van der Waals surface area contributed by atoms with Gasteiger partial charge in [-0.25, -0.2) is 17.2 Å². The average molecular weight is 244 g/mol. The Morgan fingerprint density at radius 1 is 1.47 bits per heavy atom. The number of carbonyl (C=O) groups excluding carboxylic acids is 1. The van der Waals surface area contributed by atoms with E-state index in [4.69, 9.17) is 5.73 Å². The topological polar surface area (TPSA) is 89.3 Å². The van der Waals surface area contributed by atoms with Crippen LogP contribution in [0.3, 0.4) is 0 Å². The number of rotatable bonds is 6. The molecule has 0 atom stereocenters. The van der Waals surface area contributed by atoms with Crippen molar-refractivity contribution in [2.24, 2.45) is 5.73 Å². The second kappa shape index (κ2) is 5.36. The van der Waals surface area contributed by atoms with E-state index in [9.17, 15) is 22.0 Å². The van der Waals surface area contributed by atoms with Crippen LogP contribution in [0.15, 0.2) is 0 Å². The average Bonchev–Trinajstić information content (AvgIpc) is 2.10. The molecule has 5 nitrogen and oxygen atoms in total. The Kier molecular flexibility index (Phi) is 5.09. The highest BCUT2D eigenvalue weighted by Crippen LogP contribution is 2.08. The molecule has 0 aliphatic rings. The van der Waals surface area contributed by atoms with Crippen LogP contribution in [-0.4, -0.2) is 45.3 Å². The number of hydrogen-bond donors (Lipinski definition) is 2. The standard InChI is InChI=1S/C7H14F2N2O3S/c1-15(13,14)3-2-6(12)11-5-7(8,9)4-10/h2-5,10H2,1H3,(H,11,12). The second-order valence-electron chi connectivity index (χ2n) is 3.22. The summed E-state index contributed by atoms with van der Waals surface area (Å²) in [5, 5.41) is 1.91. The molecule has 1 amide bonds. The van der Waals surface area contributed by atoms with Crippen molar-refractivity contribution in [1.82, 2.24) is 5.32 Å². The fraction of sp³-hybridized carbons (Fsp3) is 0.857. The van der Waals surface area contributed by atoms with E-state index in [-0.39, 0.29) is 12.2 Å². The van der Waals surface area contributed by atoms with Crippen molar-refractivity contribution in [2.75, 3.05) is 25.1 Å². The van der Waals surface area contributed by atoms with E-state index in [1.807, 2.05) is 5.32 Å². The molecule has 90 valence electrons. The normalized spacial score (nSPS) is 12.5. The molecule has 0 spiro atoms. The van der Waals surface area contributed by atoms with Crippen molar-refractivity contribution in [3.8, 4) is 0 Å². The molecule has 0 unspecified atom stereocenters. The molecule has 0 bridgehead atoms. The first kappa shape index (κ1) is 14.2. The molecular weight excluding hydrogens is 230 g/mol. The number of nitrogens with one attached hydrogen (secondary N) is 1. The van der Waals surface area contributed by atoms with Crippen LogP contribution < -0.4 is 11.1 Å². The summed E-state index contributed by atoms with van der Waals surface area (Å²) in [6.07, 6.45) is 0.647. The first-order valence-electron chi connectivity index (χ1n) is 4.18. The maximum atomic E-state index is 12.5. The molecule has 0 aliphatic carbocycles. The number of nitrogens with two attached hydrogens (primary N) is 1. The molecule has 0 heterocycles. The van der Waals surface area contributed by atoms with Crippen LogP contribution in [0, 0.1) is 0 Å². The van der Waals surface area contributed by atoms with Crippen LogP contribution in [-0.2, 0) is 14.6 Å². The van der Waals surface area contributed by atoms with E-state index in [1.54, 1.807) is 0 Å². The molecule has 0 aromatic rings. The molecule has 0 saturated carbocycles.